The van der Waals surface area contributed by atoms with Gasteiger partial charge in [0.05, 0.1) is 4.90 Å². The van der Waals surface area contributed by atoms with E-state index in [2.05, 4.69) is 9.96 Å². The van der Waals surface area contributed by atoms with E-state index in [0.29, 0.717) is 5.39 Å². The van der Waals surface area contributed by atoms with Gasteiger partial charge in [0.2, 0.25) is 11.1 Å². The lowest BCUT2D eigenvalue weighted by Crippen LogP contribution is -2.11. The predicted molar refractivity (Wildman–Crippen MR) is 75.2 cm³/mol. The zero-order valence-electron chi connectivity index (χ0n) is 10.6. The molecule has 21 heavy (non-hydrogen) atoms. The number of aromatic nitrogens is 2. The van der Waals surface area contributed by atoms with Gasteiger partial charge >= 0.3 is 5.69 Å². The van der Waals surface area contributed by atoms with E-state index in [1.807, 2.05) is 0 Å². The van der Waals surface area contributed by atoms with Crippen LogP contribution in [-0.4, -0.2) is 22.5 Å². The van der Waals surface area contributed by atoms with Gasteiger partial charge in [-0.2, -0.15) is 0 Å². The molecule has 1 heterocycles. The average Bonchev–Trinajstić information content (AvgIpc) is 3.02. The highest BCUT2D eigenvalue weighted by molar-refractivity contribution is 7.90. The molecule has 0 spiro atoms. The molecule has 0 aliphatic heterocycles. The van der Waals surface area contributed by atoms with Crippen molar-refractivity contribution < 1.29 is 13.5 Å². The van der Waals surface area contributed by atoms with E-state index in [4.69, 9.17) is 5.39 Å². The first-order valence-electron chi connectivity index (χ1n) is 5.89. The Morgan fingerprint density at radius 3 is 2.67 bits per heavy atom. The van der Waals surface area contributed by atoms with Crippen LogP contribution in [0, 0.1) is 5.39 Å². The summed E-state index contributed by atoms with van der Waals surface area (Å²) in [6.07, 6.45) is 3.87. The first kappa shape index (κ1) is 13.1. The van der Waals surface area contributed by atoms with E-state index in [1.54, 1.807) is 6.07 Å². The Bertz CT molecular complexity index is 973. The Balaban J connectivity index is 2.36. The van der Waals surface area contributed by atoms with E-state index < -0.39 is 10.0 Å². The topological polar surface area (TPSA) is 100 Å². The van der Waals surface area contributed by atoms with Crippen molar-refractivity contribution in [2.75, 3.05) is 0 Å². The highest BCUT2D eigenvalue weighted by Gasteiger charge is 2.23. The summed E-state index contributed by atoms with van der Waals surface area (Å²) in [5.74, 6) is -0.280. The van der Waals surface area contributed by atoms with Gasteiger partial charge in [-0.25, -0.2) is 17.4 Å². The second-order valence-corrected chi connectivity index (χ2v) is 6.09. The number of aromatic hydroxyl groups is 1. The third-order valence-corrected chi connectivity index (χ3v) is 4.80. The lowest BCUT2D eigenvalue weighted by molar-refractivity contribution is 0.484. The summed E-state index contributed by atoms with van der Waals surface area (Å²) in [6.45, 7) is 0. The largest absolute Gasteiger partial charge is 0.501 e. The van der Waals surface area contributed by atoms with Crippen LogP contribution in [0.15, 0.2) is 53.9 Å². The minimum atomic E-state index is -3.81. The summed E-state index contributed by atoms with van der Waals surface area (Å²) in [5, 5.41) is 19.4. The molecule has 7 nitrogen and oxygen atoms in total. The van der Waals surface area contributed by atoms with Crippen LogP contribution in [0.1, 0.15) is 0 Å². The fourth-order valence-corrected chi connectivity index (χ4v) is 3.44. The summed E-state index contributed by atoms with van der Waals surface area (Å²) in [4.78, 5) is 6.70. The smallest absolute Gasteiger partial charge is 0.426 e. The summed E-state index contributed by atoms with van der Waals surface area (Å²) in [5.41, 5.74) is -0.0281. The molecule has 1 N–H and O–H groups in total. The van der Waals surface area contributed by atoms with Crippen LogP contribution in [0.2, 0.25) is 0 Å². The predicted octanol–water partition coefficient (Wildman–Crippen LogP) is 2.46. The summed E-state index contributed by atoms with van der Waals surface area (Å²) in [7, 11) is -3.81. The molecule has 3 rings (SSSR count). The van der Waals surface area contributed by atoms with Crippen molar-refractivity contribution in [2.24, 2.45) is 0 Å². The lowest BCUT2D eigenvalue weighted by Gasteiger charge is -2.08. The second-order valence-electron chi connectivity index (χ2n) is 4.28. The fourth-order valence-electron chi connectivity index (χ4n) is 2.11. The molecule has 0 radical (unpaired) electrons. The van der Waals surface area contributed by atoms with Crippen molar-refractivity contribution in [1.82, 2.24) is 8.96 Å². The zero-order chi connectivity index (χ0) is 15.0. The molecule has 0 saturated heterocycles. The van der Waals surface area contributed by atoms with Gasteiger partial charge < -0.3 is 5.11 Å². The van der Waals surface area contributed by atoms with E-state index in [0.717, 1.165) is 3.97 Å². The molecule has 2 aromatic carbocycles. The molecule has 3 aromatic rings. The van der Waals surface area contributed by atoms with Crippen LogP contribution >= 0.6 is 0 Å². The Kier molecular flexibility index (Phi) is 2.85. The van der Waals surface area contributed by atoms with Crippen LogP contribution < -0.4 is 0 Å². The molecular formula is C13H9N4O3S+. The molecule has 0 aliphatic rings. The van der Waals surface area contributed by atoms with Crippen molar-refractivity contribution in [3.05, 3.63) is 54.0 Å². The third-order valence-electron chi connectivity index (χ3n) is 3.12. The number of benzene rings is 2. The number of phenols is 1. The molecule has 0 amide bonds. The van der Waals surface area contributed by atoms with Crippen LogP contribution in [0.3, 0.4) is 0 Å². The SMILES string of the molecule is N#[N+]c1ccc2c(S(=O)(=O)n3ccnc3)cccc2c1O. The van der Waals surface area contributed by atoms with Crippen molar-refractivity contribution in [3.8, 4) is 5.75 Å². The number of hydrogen-bond donors (Lipinski definition) is 1. The van der Waals surface area contributed by atoms with Crippen molar-refractivity contribution in [2.45, 2.75) is 4.90 Å². The monoisotopic (exact) mass is 301 g/mol. The number of fused-ring (bicyclic) bond motifs is 1. The Morgan fingerprint density at radius 2 is 2.00 bits per heavy atom. The summed E-state index contributed by atoms with van der Waals surface area (Å²) in [6, 6.07) is 7.31. The van der Waals surface area contributed by atoms with Crippen molar-refractivity contribution in [1.29, 1.82) is 5.39 Å². The third kappa shape index (κ3) is 1.91. The highest BCUT2D eigenvalue weighted by Crippen LogP contribution is 2.37. The van der Waals surface area contributed by atoms with Gasteiger partial charge in [0.15, 0.2) is 4.98 Å². The molecule has 0 unspecified atom stereocenters. The minimum Gasteiger partial charge on any atom is -0.501 e. The number of diazo groups is 1. The molecule has 0 fully saturated rings. The maximum absolute atomic E-state index is 12.5. The minimum absolute atomic E-state index is 0.0257. The maximum atomic E-state index is 12.5. The standard InChI is InChI=1S/C13H8N4O3S/c14-16-11-5-4-9-10(13(11)18)2-1-3-12(9)21(19,20)17-7-6-15-8-17/h1-8H/p+1. The zero-order valence-corrected chi connectivity index (χ0v) is 11.4. The molecule has 104 valence electrons. The average molecular weight is 301 g/mol. The van der Waals surface area contributed by atoms with Gasteiger partial charge in [-0.15, -0.1) is 0 Å². The normalized spacial score (nSPS) is 11.4. The van der Waals surface area contributed by atoms with Gasteiger partial charge in [0, 0.05) is 29.2 Å². The van der Waals surface area contributed by atoms with Crippen LogP contribution in [0.25, 0.3) is 15.7 Å². The number of phenolic OH excluding ortho intramolecular Hbond substituents is 1. The maximum Gasteiger partial charge on any atom is 0.426 e. The van der Waals surface area contributed by atoms with Crippen molar-refractivity contribution in [3.63, 3.8) is 0 Å². The van der Waals surface area contributed by atoms with Gasteiger partial charge in [0.25, 0.3) is 10.0 Å². The van der Waals surface area contributed by atoms with Crippen LogP contribution in [0.5, 0.6) is 5.75 Å². The molecular weight excluding hydrogens is 292 g/mol. The van der Waals surface area contributed by atoms with E-state index in [1.165, 1.54) is 43.0 Å². The van der Waals surface area contributed by atoms with Gasteiger partial charge in [-0.1, -0.05) is 12.1 Å². The van der Waals surface area contributed by atoms with E-state index in [-0.39, 0.29) is 21.7 Å². The number of rotatable bonds is 2. The molecule has 0 atom stereocenters. The van der Waals surface area contributed by atoms with E-state index >= 15 is 0 Å². The summed E-state index contributed by atoms with van der Waals surface area (Å²) < 4.78 is 26.1. The summed E-state index contributed by atoms with van der Waals surface area (Å²) >= 11 is 0. The molecule has 8 heteroatoms. The van der Waals surface area contributed by atoms with Gasteiger partial charge in [-0.3, -0.25) is 0 Å². The number of nitrogens with zero attached hydrogens (tertiary/aromatic N) is 4. The second kappa shape index (κ2) is 4.57. The number of imidazole rings is 1. The first-order chi connectivity index (χ1) is 10.1. The van der Waals surface area contributed by atoms with Crippen LogP contribution in [0.4, 0.5) is 5.69 Å². The molecule has 0 aliphatic carbocycles. The highest BCUT2D eigenvalue weighted by atomic mass is 32.2. The Hall–Kier alpha value is -2.92. The Labute approximate surface area is 119 Å². The Morgan fingerprint density at radius 1 is 1.19 bits per heavy atom. The number of hydrogen-bond acceptors (Lipinski definition) is 5. The van der Waals surface area contributed by atoms with E-state index in [9.17, 15) is 13.5 Å². The molecule has 0 saturated carbocycles. The van der Waals surface area contributed by atoms with Crippen LogP contribution in [-0.2, 0) is 10.0 Å². The fraction of sp³-hybridized carbons (Fsp3) is 0. The van der Waals surface area contributed by atoms with Gasteiger partial charge in [-0.05, 0) is 12.1 Å². The molecule has 0 bridgehead atoms. The first-order valence-corrected chi connectivity index (χ1v) is 7.33. The molecule has 1 aromatic heterocycles. The lowest BCUT2D eigenvalue weighted by atomic mass is 10.1. The van der Waals surface area contributed by atoms with Crippen molar-refractivity contribution >= 4 is 26.5 Å². The van der Waals surface area contributed by atoms with Gasteiger partial charge in [0.1, 0.15) is 6.33 Å². The quantitative estimate of drug-likeness (QED) is 0.733.